The van der Waals surface area contributed by atoms with E-state index in [9.17, 15) is 0 Å². The van der Waals surface area contributed by atoms with E-state index in [4.69, 9.17) is 9.47 Å². The van der Waals surface area contributed by atoms with E-state index in [-0.39, 0.29) is 0 Å². The third-order valence-corrected chi connectivity index (χ3v) is 6.73. The van der Waals surface area contributed by atoms with Gasteiger partial charge in [-0.1, -0.05) is 35.4 Å². The number of ether oxygens (including phenoxy) is 2. The zero-order chi connectivity index (χ0) is 21.8. The molecule has 2 saturated heterocycles. The lowest BCUT2D eigenvalue weighted by atomic mass is 9.99. The summed E-state index contributed by atoms with van der Waals surface area (Å²) in [7, 11) is 4.38. The van der Waals surface area contributed by atoms with Crippen LogP contribution < -0.4 is 9.47 Å². The SMILES string of the molecule is Cc1ccc(OC2CCN(C)CC2)c(Cc2cc(C)ccc2OC2CCN(C)CC2)c1. The molecule has 4 heteroatoms. The molecule has 0 amide bonds. The van der Waals surface area contributed by atoms with E-state index in [1.54, 1.807) is 0 Å². The minimum Gasteiger partial charge on any atom is -0.490 e. The van der Waals surface area contributed by atoms with Gasteiger partial charge in [0.2, 0.25) is 0 Å². The Labute approximate surface area is 188 Å². The van der Waals surface area contributed by atoms with Gasteiger partial charge < -0.3 is 19.3 Å². The third kappa shape index (κ3) is 6.02. The first kappa shape index (κ1) is 22.2. The van der Waals surface area contributed by atoms with E-state index in [2.05, 4.69) is 74.1 Å². The van der Waals surface area contributed by atoms with Crippen molar-refractivity contribution < 1.29 is 9.47 Å². The highest BCUT2D eigenvalue weighted by atomic mass is 16.5. The summed E-state index contributed by atoms with van der Waals surface area (Å²) in [5.74, 6) is 2.07. The van der Waals surface area contributed by atoms with Crippen molar-refractivity contribution in [2.24, 2.45) is 0 Å². The smallest absolute Gasteiger partial charge is 0.123 e. The molecule has 168 valence electrons. The number of aryl methyl sites for hydroxylation is 2. The second-order valence-electron chi connectivity index (χ2n) is 9.64. The largest absolute Gasteiger partial charge is 0.490 e. The van der Waals surface area contributed by atoms with E-state index < -0.39 is 0 Å². The van der Waals surface area contributed by atoms with Crippen LogP contribution in [0.1, 0.15) is 47.9 Å². The molecule has 2 aliphatic heterocycles. The first-order valence-electron chi connectivity index (χ1n) is 11.9. The van der Waals surface area contributed by atoms with Crippen molar-refractivity contribution in [2.75, 3.05) is 40.3 Å². The maximum absolute atomic E-state index is 6.52. The van der Waals surface area contributed by atoms with E-state index in [1.165, 1.54) is 22.3 Å². The monoisotopic (exact) mass is 422 g/mol. The van der Waals surface area contributed by atoms with Gasteiger partial charge in [0.05, 0.1) is 0 Å². The van der Waals surface area contributed by atoms with Crippen molar-refractivity contribution in [3.8, 4) is 11.5 Å². The predicted molar refractivity (Wildman–Crippen MR) is 127 cm³/mol. The van der Waals surface area contributed by atoms with Gasteiger partial charge in [0.1, 0.15) is 23.7 Å². The first-order chi connectivity index (χ1) is 15.0. The Hall–Kier alpha value is -2.04. The molecule has 4 rings (SSSR count). The molecule has 0 N–H and O–H groups in total. The van der Waals surface area contributed by atoms with Crippen molar-refractivity contribution >= 4 is 0 Å². The van der Waals surface area contributed by atoms with Crippen LogP contribution in [0.15, 0.2) is 36.4 Å². The molecule has 0 saturated carbocycles. The maximum atomic E-state index is 6.52. The van der Waals surface area contributed by atoms with Gasteiger partial charge >= 0.3 is 0 Å². The van der Waals surface area contributed by atoms with Crippen LogP contribution in [-0.2, 0) is 6.42 Å². The van der Waals surface area contributed by atoms with Crippen LogP contribution in [0, 0.1) is 13.8 Å². The summed E-state index contributed by atoms with van der Waals surface area (Å²) in [6, 6.07) is 13.2. The summed E-state index contributed by atoms with van der Waals surface area (Å²) in [6.07, 6.45) is 5.85. The molecule has 0 unspecified atom stereocenters. The van der Waals surface area contributed by atoms with Crippen LogP contribution in [0.2, 0.25) is 0 Å². The van der Waals surface area contributed by atoms with Crippen LogP contribution in [0.5, 0.6) is 11.5 Å². The third-order valence-electron chi connectivity index (χ3n) is 6.73. The minimum absolute atomic E-state index is 0.310. The number of hydrogen-bond acceptors (Lipinski definition) is 4. The van der Waals surface area contributed by atoms with E-state index >= 15 is 0 Å². The summed E-state index contributed by atoms with van der Waals surface area (Å²) < 4.78 is 13.0. The number of piperidine rings is 2. The van der Waals surface area contributed by atoms with Crippen LogP contribution in [-0.4, -0.2) is 62.3 Å². The molecule has 0 bridgehead atoms. The molecule has 0 spiro atoms. The molecular formula is C27H38N2O2. The van der Waals surface area contributed by atoms with E-state index in [0.29, 0.717) is 12.2 Å². The molecule has 2 aromatic carbocycles. The van der Waals surface area contributed by atoms with Gasteiger partial charge in [0.15, 0.2) is 0 Å². The molecule has 0 aliphatic carbocycles. The number of hydrogen-bond donors (Lipinski definition) is 0. The molecule has 0 aromatic heterocycles. The normalized spacial score (nSPS) is 19.5. The lowest BCUT2D eigenvalue weighted by Crippen LogP contribution is -2.36. The van der Waals surface area contributed by atoms with Gasteiger partial charge in [-0.2, -0.15) is 0 Å². The van der Waals surface area contributed by atoms with Crippen molar-refractivity contribution in [1.29, 1.82) is 0 Å². The molecule has 31 heavy (non-hydrogen) atoms. The van der Waals surface area contributed by atoms with Gasteiger partial charge in [-0.3, -0.25) is 0 Å². The Bertz CT molecular complexity index is 794. The quantitative estimate of drug-likeness (QED) is 0.665. The highest BCUT2D eigenvalue weighted by Crippen LogP contribution is 2.31. The number of benzene rings is 2. The average molecular weight is 423 g/mol. The minimum atomic E-state index is 0.310. The fourth-order valence-electron chi connectivity index (χ4n) is 4.69. The van der Waals surface area contributed by atoms with Gasteiger partial charge in [-0.25, -0.2) is 0 Å². The molecule has 0 radical (unpaired) electrons. The second-order valence-corrected chi connectivity index (χ2v) is 9.64. The average Bonchev–Trinajstić information content (AvgIpc) is 2.75. The fourth-order valence-corrected chi connectivity index (χ4v) is 4.69. The lowest BCUT2D eigenvalue weighted by Gasteiger charge is -2.30. The van der Waals surface area contributed by atoms with Crippen LogP contribution in [0.3, 0.4) is 0 Å². The first-order valence-corrected chi connectivity index (χ1v) is 11.9. The summed E-state index contributed by atoms with van der Waals surface area (Å²) >= 11 is 0. The number of nitrogens with zero attached hydrogens (tertiary/aromatic N) is 2. The highest BCUT2D eigenvalue weighted by Gasteiger charge is 2.21. The summed E-state index contributed by atoms with van der Waals surface area (Å²) in [5, 5.41) is 0. The standard InChI is InChI=1S/C27H38N2O2/c1-20-5-7-26(30-24-9-13-28(3)14-10-24)22(17-20)19-23-18-21(2)6-8-27(23)31-25-11-15-29(4)16-12-25/h5-8,17-18,24-25H,9-16,19H2,1-4H3. The Morgan fingerprint density at radius 2 is 1.06 bits per heavy atom. The Morgan fingerprint density at radius 1 is 0.677 bits per heavy atom. The van der Waals surface area contributed by atoms with Gasteiger partial charge in [0, 0.05) is 32.6 Å². The van der Waals surface area contributed by atoms with E-state index in [0.717, 1.165) is 69.8 Å². The van der Waals surface area contributed by atoms with Gasteiger partial charge in [-0.05, 0) is 76.9 Å². The zero-order valence-corrected chi connectivity index (χ0v) is 19.7. The second kappa shape index (κ2) is 10.1. The van der Waals surface area contributed by atoms with Crippen LogP contribution in [0.4, 0.5) is 0 Å². The maximum Gasteiger partial charge on any atom is 0.123 e. The van der Waals surface area contributed by atoms with Crippen molar-refractivity contribution in [2.45, 2.75) is 58.2 Å². The molecule has 2 aromatic rings. The molecular weight excluding hydrogens is 384 g/mol. The lowest BCUT2D eigenvalue weighted by molar-refractivity contribution is 0.112. The van der Waals surface area contributed by atoms with Crippen molar-refractivity contribution in [3.63, 3.8) is 0 Å². The summed E-state index contributed by atoms with van der Waals surface area (Å²) in [5.41, 5.74) is 5.07. The molecule has 2 fully saturated rings. The Balaban J connectivity index is 1.53. The van der Waals surface area contributed by atoms with Crippen molar-refractivity contribution in [1.82, 2.24) is 9.80 Å². The highest BCUT2D eigenvalue weighted by molar-refractivity contribution is 5.45. The fraction of sp³-hybridized carbons (Fsp3) is 0.556. The van der Waals surface area contributed by atoms with E-state index in [1.807, 2.05) is 0 Å². The zero-order valence-electron chi connectivity index (χ0n) is 19.7. The Kier molecular flexibility index (Phi) is 7.19. The number of likely N-dealkylation sites (tertiary alicyclic amines) is 2. The van der Waals surface area contributed by atoms with Gasteiger partial charge in [-0.15, -0.1) is 0 Å². The summed E-state index contributed by atoms with van der Waals surface area (Å²) in [6.45, 7) is 8.76. The van der Waals surface area contributed by atoms with Crippen molar-refractivity contribution in [3.05, 3.63) is 58.7 Å². The van der Waals surface area contributed by atoms with Gasteiger partial charge in [0.25, 0.3) is 0 Å². The molecule has 2 aliphatic rings. The van der Waals surface area contributed by atoms with Crippen LogP contribution >= 0.6 is 0 Å². The number of rotatable bonds is 6. The Morgan fingerprint density at radius 3 is 1.45 bits per heavy atom. The van der Waals surface area contributed by atoms with Crippen LogP contribution in [0.25, 0.3) is 0 Å². The molecule has 0 atom stereocenters. The molecule has 4 nitrogen and oxygen atoms in total. The topological polar surface area (TPSA) is 24.9 Å². The predicted octanol–water partition coefficient (Wildman–Crippen LogP) is 4.84. The molecule has 2 heterocycles. The summed E-state index contributed by atoms with van der Waals surface area (Å²) in [4.78, 5) is 4.77.